The maximum atomic E-state index is 10.9. The van der Waals surface area contributed by atoms with Crippen LogP contribution in [0.4, 0.5) is 0 Å². The van der Waals surface area contributed by atoms with Crippen LogP contribution >= 0.6 is 0 Å². The Balaban J connectivity index is 2.34. The van der Waals surface area contributed by atoms with Gasteiger partial charge in [-0.05, 0) is 17.7 Å². The highest BCUT2D eigenvalue weighted by atomic mass is 16.6. The lowest BCUT2D eigenvalue weighted by molar-refractivity contribution is -0.467. The third-order valence-corrected chi connectivity index (χ3v) is 1.51. The molecule has 1 aromatic heterocycles. The van der Waals surface area contributed by atoms with Crippen LogP contribution in [0.2, 0.25) is 0 Å². The standard InChI is InChI=1S/C8H9N3O3/c12-8(6-11(13)14)10-5-7-1-3-9-4-2-7/h1-4H,5-6H2,(H,10,12). The molecule has 0 atom stereocenters. The van der Waals surface area contributed by atoms with E-state index >= 15 is 0 Å². The Kier molecular flexibility index (Phi) is 3.54. The number of hydrogen-bond acceptors (Lipinski definition) is 4. The number of amides is 1. The minimum Gasteiger partial charge on any atom is -0.346 e. The summed E-state index contributed by atoms with van der Waals surface area (Å²) in [5, 5.41) is 12.4. The average Bonchev–Trinajstić information content (AvgIpc) is 2.15. The number of hydrogen-bond donors (Lipinski definition) is 1. The molecule has 74 valence electrons. The maximum absolute atomic E-state index is 10.9. The van der Waals surface area contributed by atoms with Crippen molar-refractivity contribution in [1.29, 1.82) is 0 Å². The van der Waals surface area contributed by atoms with Crippen LogP contribution in [0.1, 0.15) is 5.56 Å². The Morgan fingerprint density at radius 1 is 1.50 bits per heavy atom. The highest BCUT2D eigenvalue weighted by molar-refractivity contribution is 5.76. The van der Waals surface area contributed by atoms with Gasteiger partial charge in [0.25, 0.3) is 12.5 Å². The molecule has 0 fully saturated rings. The lowest BCUT2D eigenvalue weighted by atomic mass is 10.3. The van der Waals surface area contributed by atoms with Crippen LogP contribution in [0.15, 0.2) is 24.5 Å². The molecular formula is C8H9N3O3. The van der Waals surface area contributed by atoms with Gasteiger partial charge in [-0.2, -0.15) is 0 Å². The van der Waals surface area contributed by atoms with Gasteiger partial charge in [0, 0.05) is 23.9 Å². The Morgan fingerprint density at radius 2 is 2.14 bits per heavy atom. The third-order valence-electron chi connectivity index (χ3n) is 1.51. The van der Waals surface area contributed by atoms with Gasteiger partial charge < -0.3 is 5.32 Å². The fourth-order valence-corrected chi connectivity index (χ4v) is 0.874. The number of nitrogens with one attached hydrogen (secondary N) is 1. The summed E-state index contributed by atoms with van der Waals surface area (Å²) in [7, 11) is 0. The van der Waals surface area contributed by atoms with E-state index in [0.717, 1.165) is 5.56 Å². The summed E-state index contributed by atoms with van der Waals surface area (Å²) in [5.74, 6) is -0.591. The van der Waals surface area contributed by atoms with E-state index in [-0.39, 0.29) is 6.54 Å². The van der Waals surface area contributed by atoms with Crippen LogP contribution in [-0.2, 0) is 11.3 Å². The minimum atomic E-state index is -0.689. The maximum Gasteiger partial charge on any atom is 0.292 e. The SMILES string of the molecule is O=C(C[N+](=O)[O-])NCc1ccncc1. The molecule has 0 aliphatic rings. The van der Waals surface area contributed by atoms with Crippen LogP contribution in [0.5, 0.6) is 0 Å². The molecule has 1 N–H and O–H groups in total. The summed E-state index contributed by atoms with van der Waals surface area (Å²) in [4.78, 5) is 23.9. The number of carbonyl (C=O) groups is 1. The van der Waals surface area contributed by atoms with Gasteiger partial charge in [0.05, 0.1) is 0 Å². The van der Waals surface area contributed by atoms with Gasteiger partial charge in [-0.1, -0.05) is 0 Å². The normalized spacial score (nSPS) is 9.43. The Morgan fingerprint density at radius 3 is 2.71 bits per heavy atom. The zero-order valence-corrected chi connectivity index (χ0v) is 7.34. The van der Waals surface area contributed by atoms with Crippen LogP contribution in [0.3, 0.4) is 0 Å². The van der Waals surface area contributed by atoms with Gasteiger partial charge in [-0.15, -0.1) is 0 Å². The van der Waals surface area contributed by atoms with E-state index in [1.54, 1.807) is 24.5 Å². The van der Waals surface area contributed by atoms with Crippen LogP contribution in [-0.4, -0.2) is 22.4 Å². The molecule has 6 nitrogen and oxygen atoms in total. The summed E-state index contributed by atoms with van der Waals surface area (Å²) < 4.78 is 0. The molecule has 0 unspecified atom stereocenters. The number of carbonyl (C=O) groups excluding carboxylic acids is 1. The molecule has 0 saturated carbocycles. The third kappa shape index (κ3) is 3.61. The highest BCUT2D eigenvalue weighted by Crippen LogP contribution is 1.94. The Hall–Kier alpha value is -1.98. The first-order valence-corrected chi connectivity index (χ1v) is 3.96. The van der Waals surface area contributed by atoms with Crippen molar-refractivity contribution in [2.75, 3.05) is 6.54 Å². The monoisotopic (exact) mass is 195 g/mol. The summed E-state index contributed by atoms with van der Waals surface area (Å²) >= 11 is 0. The molecule has 6 heteroatoms. The number of aromatic nitrogens is 1. The van der Waals surface area contributed by atoms with Crippen molar-refractivity contribution in [2.45, 2.75) is 6.54 Å². The Bertz CT molecular complexity index is 326. The van der Waals surface area contributed by atoms with Gasteiger partial charge in [-0.25, -0.2) is 0 Å². The molecule has 0 aromatic carbocycles. The van der Waals surface area contributed by atoms with E-state index in [1.165, 1.54) is 0 Å². The van der Waals surface area contributed by atoms with Gasteiger partial charge in [0.1, 0.15) is 0 Å². The van der Waals surface area contributed by atoms with Crippen molar-refractivity contribution >= 4 is 5.91 Å². The molecular weight excluding hydrogens is 186 g/mol. The Labute approximate surface area is 80.1 Å². The van der Waals surface area contributed by atoms with Crippen molar-refractivity contribution < 1.29 is 9.72 Å². The van der Waals surface area contributed by atoms with Crippen LogP contribution in [0, 0.1) is 10.1 Å². The average molecular weight is 195 g/mol. The lowest BCUT2D eigenvalue weighted by Crippen LogP contribution is -2.29. The minimum absolute atomic E-state index is 0.287. The fraction of sp³-hybridized carbons (Fsp3) is 0.250. The number of nitrogens with zero attached hydrogens (tertiary/aromatic N) is 2. The van der Waals surface area contributed by atoms with Crippen molar-refractivity contribution in [2.24, 2.45) is 0 Å². The van der Waals surface area contributed by atoms with Crippen molar-refractivity contribution in [3.8, 4) is 0 Å². The smallest absolute Gasteiger partial charge is 0.292 e. The topological polar surface area (TPSA) is 85.1 Å². The molecule has 14 heavy (non-hydrogen) atoms. The number of nitro groups is 1. The molecule has 0 spiro atoms. The van der Waals surface area contributed by atoms with Crippen LogP contribution in [0.25, 0.3) is 0 Å². The molecule has 0 bridgehead atoms. The fourth-order valence-electron chi connectivity index (χ4n) is 0.874. The summed E-state index contributed by atoms with van der Waals surface area (Å²) in [5.41, 5.74) is 0.858. The van der Waals surface area contributed by atoms with E-state index in [0.29, 0.717) is 0 Å². The predicted octanol–water partition coefficient (Wildman–Crippen LogP) is -0.0255. The van der Waals surface area contributed by atoms with E-state index in [1.807, 2.05) is 0 Å². The van der Waals surface area contributed by atoms with E-state index in [2.05, 4.69) is 10.3 Å². The van der Waals surface area contributed by atoms with E-state index in [9.17, 15) is 14.9 Å². The first-order valence-electron chi connectivity index (χ1n) is 3.96. The van der Waals surface area contributed by atoms with Crippen molar-refractivity contribution in [3.05, 3.63) is 40.2 Å². The van der Waals surface area contributed by atoms with Gasteiger partial charge in [0.15, 0.2) is 0 Å². The molecule has 0 aliphatic heterocycles. The van der Waals surface area contributed by atoms with E-state index < -0.39 is 17.4 Å². The summed E-state index contributed by atoms with van der Waals surface area (Å²) in [6.07, 6.45) is 3.18. The molecule has 1 aromatic rings. The van der Waals surface area contributed by atoms with Crippen LogP contribution < -0.4 is 5.32 Å². The summed E-state index contributed by atoms with van der Waals surface area (Å²) in [6.45, 7) is -0.403. The zero-order chi connectivity index (χ0) is 10.4. The van der Waals surface area contributed by atoms with Crippen molar-refractivity contribution in [3.63, 3.8) is 0 Å². The second kappa shape index (κ2) is 4.90. The predicted molar refractivity (Wildman–Crippen MR) is 47.9 cm³/mol. The number of pyridine rings is 1. The van der Waals surface area contributed by atoms with Gasteiger partial charge >= 0.3 is 0 Å². The molecule has 0 aliphatic carbocycles. The number of rotatable bonds is 4. The summed E-state index contributed by atoms with van der Waals surface area (Å²) in [6, 6.07) is 3.46. The molecule has 1 rings (SSSR count). The lowest BCUT2D eigenvalue weighted by Gasteiger charge is -2.01. The zero-order valence-electron chi connectivity index (χ0n) is 7.34. The molecule has 0 radical (unpaired) electrons. The molecule has 0 saturated heterocycles. The highest BCUT2D eigenvalue weighted by Gasteiger charge is 2.07. The molecule has 1 heterocycles. The largest absolute Gasteiger partial charge is 0.346 e. The first-order chi connectivity index (χ1) is 6.68. The van der Waals surface area contributed by atoms with Gasteiger partial charge in [-0.3, -0.25) is 19.9 Å². The first kappa shape index (κ1) is 10.1. The second-order valence-electron chi connectivity index (χ2n) is 2.62. The second-order valence-corrected chi connectivity index (χ2v) is 2.62. The van der Waals surface area contributed by atoms with Crippen molar-refractivity contribution in [1.82, 2.24) is 10.3 Å². The quantitative estimate of drug-likeness (QED) is 0.540. The van der Waals surface area contributed by atoms with Gasteiger partial charge in [0.2, 0.25) is 0 Å². The molecule has 1 amide bonds. The van der Waals surface area contributed by atoms with E-state index in [4.69, 9.17) is 0 Å².